The Hall–Kier alpha value is -4.01. The smallest absolute Gasteiger partial charge is 0.224 e. The number of aryl methyl sites for hydroxylation is 1. The molecule has 0 aliphatic rings. The maximum atomic E-state index is 11.7. The van der Waals surface area contributed by atoms with E-state index in [0.717, 1.165) is 5.69 Å². The van der Waals surface area contributed by atoms with Crippen LogP contribution in [0.1, 0.15) is 19.2 Å². The molecule has 29 heavy (non-hydrogen) atoms. The molecule has 1 amide bonds. The van der Waals surface area contributed by atoms with Gasteiger partial charge in [0.05, 0.1) is 5.69 Å². The molecule has 3 aromatic heterocycles. The van der Waals surface area contributed by atoms with Crippen LogP contribution in [-0.4, -0.2) is 30.5 Å². The molecule has 4 N–H and O–H groups in total. The van der Waals surface area contributed by atoms with Crippen LogP contribution in [-0.2, 0) is 4.79 Å². The number of nitrogens with two attached hydrogens (primary N) is 1. The van der Waals surface area contributed by atoms with Crippen LogP contribution in [0.25, 0.3) is 17.0 Å². The third kappa shape index (κ3) is 3.84. The zero-order valence-electron chi connectivity index (χ0n) is 16.0. The van der Waals surface area contributed by atoms with Gasteiger partial charge in [-0.15, -0.1) is 0 Å². The quantitative estimate of drug-likeness (QED) is 0.480. The minimum Gasteiger partial charge on any atom is -0.384 e. The van der Waals surface area contributed by atoms with Gasteiger partial charge in [0.25, 0.3) is 0 Å². The van der Waals surface area contributed by atoms with E-state index in [1.54, 1.807) is 23.7 Å². The van der Waals surface area contributed by atoms with E-state index in [9.17, 15) is 4.79 Å². The molecular formula is C20H20N8O. The zero-order valence-corrected chi connectivity index (χ0v) is 16.0. The Balaban J connectivity index is 1.79. The Bertz CT molecular complexity index is 1180. The summed E-state index contributed by atoms with van der Waals surface area (Å²) in [6.45, 7) is 3.59. The highest BCUT2D eigenvalue weighted by Gasteiger charge is 2.18. The molecule has 0 spiro atoms. The maximum absolute atomic E-state index is 11.7. The van der Waals surface area contributed by atoms with Crippen LogP contribution in [0.4, 0.5) is 23.0 Å². The van der Waals surface area contributed by atoms with Gasteiger partial charge in [0.1, 0.15) is 17.3 Å². The molecule has 0 saturated carbocycles. The molecule has 0 atom stereocenters. The number of imidazole rings is 1. The van der Waals surface area contributed by atoms with E-state index < -0.39 is 0 Å². The van der Waals surface area contributed by atoms with Crippen LogP contribution >= 0.6 is 0 Å². The van der Waals surface area contributed by atoms with Gasteiger partial charge in [0, 0.05) is 30.1 Å². The molecule has 4 aromatic rings. The molecule has 146 valence electrons. The van der Waals surface area contributed by atoms with E-state index >= 15 is 0 Å². The largest absolute Gasteiger partial charge is 0.384 e. The summed E-state index contributed by atoms with van der Waals surface area (Å²) in [4.78, 5) is 25.0. The van der Waals surface area contributed by atoms with Crippen molar-refractivity contribution in [3.05, 3.63) is 54.5 Å². The van der Waals surface area contributed by atoms with Gasteiger partial charge in [-0.05, 0) is 37.3 Å². The second-order valence-electron chi connectivity index (χ2n) is 6.44. The first kappa shape index (κ1) is 18.4. The molecule has 0 saturated heterocycles. The lowest BCUT2D eigenvalue weighted by atomic mass is 10.2. The molecule has 9 nitrogen and oxygen atoms in total. The van der Waals surface area contributed by atoms with Gasteiger partial charge in [0.15, 0.2) is 11.5 Å². The molecule has 9 heteroatoms. The number of carbonyl (C=O) groups is 1. The summed E-state index contributed by atoms with van der Waals surface area (Å²) >= 11 is 0. The normalized spacial score (nSPS) is 10.8. The number of carbonyl (C=O) groups excluding carboxylic acids is 1. The Labute approximate surface area is 167 Å². The summed E-state index contributed by atoms with van der Waals surface area (Å²) in [6, 6.07) is 12.8. The number of fused-ring (bicyclic) bond motifs is 1. The lowest BCUT2D eigenvalue weighted by Crippen LogP contribution is -2.09. The number of nitrogens with zero attached hydrogens (tertiary/aromatic N) is 5. The van der Waals surface area contributed by atoms with Crippen molar-refractivity contribution < 1.29 is 4.79 Å². The fraction of sp³-hybridized carbons (Fsp3) is 0.150. The van der Waals surface area contributed by atoms with Crippen molar-refractivity contribution in [3.8, 4) is 11.4 Å². The SMILES string of the molecule is CCC(=O)Nc1cccc(Nc2nc3cccnn3c2-c2cc(N)nc(C)n2)c1. The fourth-order valence-corrected chi connectivity index (χ4v) is 2.98. The summed E-state index contributed by atoms with van der Waals surface area (Å²) in [5, 5.41) is 10.6. The predicted octanol–water partition coefficient (Wildman–Crippen LogP) is 3.17. The van der Waals surface area contributed by atoms with Crippen molar-refractivity contribution in [2.24, 2.45) is 0 Å². The summed E-state index contributed by atoms with van der Waals surface area (Å²) in [7, 11) is 0. The number of rotatable bonds is 5. The number of anilines is 4. The average molecular weight is 388 g/mol. The van der Waals surface area contributed by atoms with Crippen molar-refractivity contribution >= 4 is 34.6 Å². The maximum Gasteiger partial charge on any atom is 0.224 e. The first-order chi connectivity index (χ1) is 14.0. The molecule has 0 radical (unpaired) electrons. The van der Waals surface area contributed by atoms with Crippen molar-refractivity contribution in [2.45, 2.75) is 20.3 Å². The molecule has 0 aliphatic heterocycles. The Morgan fingerprint density at radius 2 is 1.93 bits per heavy atom. The molecular weight excluding hydrogens is 368 g/mol. The Morgan fingerprint density at radius 1 is 1.10 bits per heavy atom. The standard InChI is InChI=1S/C20H20N8O/c1-3-18(29)25-13-6-4-7-14(10-13)26-20-19(15-11-16(21)24-12(2)23-15)28-17(27-20)8-5-9-22-28/h4-11,26H,3H2,1-2H3,(H,25,29)(H2,21,23,24). The average Bonchev–Trinajstić information content (AvgIpc) is 3.05. The van der Waals surface area contributed by atoms with E-state index in [2.05, 4.69) is 30.7 Å². The van der Waals surface area contributed by atoms with Crippen LogP contribution in [0, 0.1) is 6.92 Å². The van der Waals surface area contributed by atoms with Crippen LogP contribution in [0.2, 0.25) is 0 Å². The van der Waals surface area contributed by atoms with Gasteiger partial charge in [0.2, 0.25) is 5.91 Å². The lowest BCUT2D eigenvalue weighted by Gasteiger charge is -2.10. The fourth-order valence-electron chi connectivity index (χ4n) is 2.98. The molecule has 3 heterocycles. The zero-order chi connectivity index (χ0) is 20.4. The summed E-state index contributed by atoms with van der Waals surface area (Å²) < 4.78 is 1.70. The van der Waals surface area contributed by atoms with Crippen molar-refractivity contribution in [1.29, 1.82) is 0 Å². The van der Waals surface area contributed by atoms with Crippen LogP contribution < -0.4 is 16.4 Å². The van der Waals surface area contributed by atoms with Crippen molar-refractivity contribution in [3.63, 3.8) is 0 Å². The van der Waals surface area contributed by atoms with Gasteiger partial charge >= 0.3 is 0 Å². The van der Waals surface area contributed by atoms with Crippen LogP contribution in [0.3, 0.4) is 0 Å². The summed E-state index contributed by atoms with van der Waals surface area (Å²) in [5.74, 6) is 1.45. The second-order valence-corrected chi connectivity index (χ2v) is 6.44. The molecule has 1 aromatic carbocycles. The van der Waals surface area contributed by atoms with Gasteiger partial charge in [-0.2, -0.15) is 5.10 Å². The summed E-state index contributed by atoms with van der Waals surface area (Å²) in [5.41, 5.74) is 9.34. The van der Waals surface area contributed by atoms with E-state index in [1.807, 2.05) is 43.3 Å². The van der Waals surface area contributed by atoms with Gasteiger partial charge in [-0.1, -0.05) is 13.0 Å². The highest BCUT2D eigenvalue weighted by atomic mass is 16.1. The first-order valence-corrected chi connectivity index (χ1v) is 9.15. The minimum absolute atomic E-state index is 0.0493. The van der Waals surface area contributed by atoms with Gasteiger partial charge in [-0.3, -0.25) is 4.79 Å². The Kier molecular flexibility index (Phi) is 4.78. The van der Waals surface area contributed by atoms with Gasteiger partial charge in [-0.25, -0.2) is 19.5 Å². The Morgan fingerprint density at radius 3 is 2.72 bits per heavy atom. The van der Waals surface area contributed by atoms with E-state index in [-0.39, 0.29) is 5.91 Å². The molecule has 0 fully saturated rings. The first-order valence-electron chi connectivity index (χ1n) is 9.15. The highest BCUT2D eigenvalue weighted by Crippen LogP contribution is 2.30. The van der Waals surface area contributed by atoms with Gasteiger partial charge < -0.3 is 16.4 Å². The molecule has 0 unspecified atom stereocenters. The number of aromatic nitrogens is 5. The van der Waals surface area contributed by atoms with Crippen molar-refractivity contribution in [1.82, 2.24) is 24.6 Å². The number of benzene rings is 1. The number of hydrogen-bond donors (Lipinski definition) is 3. The highest BCUT2D eigenvalue weighted by molar-refractivity contribution is 5.91. The molecule has 0 bridgehead atoms. The topological polar surface area (TPSA) is 123 Å². The second kappa shape index (κ2) is 7.55. The molecule has 4 rings (SSSR count). The third-order valence-corrected chi connectivity index (χ3v) is 4.22. The van der Waals surface area contributed by atoms with E-state index in [4.69, 9.17) is 5.73 Å². The van der Waals surface area contributed by atoms with Crippen LogP contribution in [0.5, 0.6) is 0 Å². The summed E-state index contributed by atoms with van der Waals surface area (Å²) in [6.07, 6.45) is 2.09. The lowest BCUT2D eigenvalue weighted by molar-refractivity contribution is -0.115. The number of nitrogen functional groups attached to an aromatic ring is 1. The van der Waals surface area contributed by atoms with Crippen LogP contribution in [0.15, 0.2) is 48.7 Å². The van der Waals surface area contributed by atoms with E-state index in [0.29, 0.717) is 46.6 Å². The minimum atomic E-state index is -0.0493. The van der Waals surface area contributed by atoms with E-state index in [1.165, 1.54) is 0 Å². The number of hydrogen-bond acceptors (Lipinski definition) is 7. The van der Waals surface area contributed by atoms with Crippen molar-refractivity contribution in [2.75, 3.05) is 16.4 Å². The monoisotopic (exact) mass is 388 g/mol. The number of amides is 1. The third-order valence-electron chi connectivity index (χ3n) is 4.22. The predicted molar refractivity (Wildman–Crippen MR) is 112 cm³/mol. The number of nitrogens with one attached hydrogen (secondary N) is 2. The molecule has 0 aliphatic carbocycles.